The summed E-state index contributed by atoms with van der Waals surface area (Å²) in [5.41, 5.74) is 1.50. The summed E-state index contributed by atoms with van der Waals surface area (Å²) in [5.74, 6) is -0.408. The Labute approximate surface area is 172 Å². The van der Waals surface area contributed by atoms with E-state index in [1.807, 2.05) is 17.5 Å². The minimum absolute atomic E-state index is 0.0106. The molecule has 0 radical (unpaired) electrons. The maximum absolute atomic E-state index is 12.2. The van der Waals surface area contributed by atoms with Crippen LogP contribution in [0.2, 0.25) is 5.02 Å². The molecule has 2 aromatic carbocycles. The monoisotopic (exact) mass is 429 g/mol. The first kappa shape index (κ1) is 18.8. The lowest BCUT2D eigenvalue weighted by molar-refractivity contribution is -0.385. The van der Waals surface area contributed by atoms with E-state index in [1.165, 1.54) is 29.5 Å². The van der Waals surface area contributed by atoms with Crippen molar-refractivity contribution < 1.29 is 14.5 Å². The third-order valence-corrected chi connectivity index (χ3v) is 4.96. The lowest BCUT2D eigenvalue weighted by atomic mass is 10.2. The molecule has 0 fully saturated rings. The van der Waals surface area contributed by atoms with E-state index in [2.05, 4.69) is 15.4 Å². The zero-order chi connectivity index (χ0) is 20.4. The number of ether oxygens (including phenoxy) is 1. The summed E-state index contributed by atoms with van der Waals surface area (Å²) in [7, 11) is 0. The van der Waals surface area contributed by atoms with Crippen LogP contribution in [0.3, 0.4) is 0 Å². The van der Waals surface area contributed by atoms with E-state index in [-0.39, 0.29) is 17.4 Å². The topological polar surface area (TPSA) is 112 Å². The number of hydrogen-bond donors (Lipinski definition) is 1. The van der Waals surface area contributed by atoms with E-state index < -0.39 is 17.4 Å². The van der Waals surface area contributed by atoms with Gasteiger partial charge in [0.2, 0.25) is 4.96 Å². The molecule has 0 aliphatic heterocycles. The van der Waals surface area contributed by atoms with Gasteiger partial charge in [-0.2, -0.15) is 4.98 Å². The molecule has 9 nitrogen and oxygen atoms in total. The molecule has 29 heavy (non-hydrogen) atoms. The minimum atomic E-state index is -0.573. The van der Waals surface area contributed by atoms with E-state index in [0.29, 0.717) is 9.98 Å². The number of fused-ring (bicyclic) bond motifs is 1. The van der Waals surface area contributed by atoms with Gasteiger partial charge in [-0.15, -0.1) is 16.4 Å². The molecular weight excluding hydrogens is 418 g/mol. The van der Waals surface area contributed by atoms with Crippen molar-refractivity contribution in [2.24, 2.45) is 0 Å². The number of nitro benzene ring substituents is 1. The van der Waals surface area contributed by atoms with Gasteiger partial charge in [-0.1, -0.05) is 35.9 Å². The van der Waals surface area contributed by atoms with Crippen LogP contribution in [0, 0.1) is 10.1 Å². The predicted octanol–water partition coefficient (Wildman–Crippen LogP) is 4.04. The molecule has 0 spiro atoms. The first-order chi connectivity index (χ1) is 14.0. The quantitative estimate of drug-likeness (QED) is 0.365. The number of amides is 1. The van der Waals surface area contributed by atoms with Crippen molar-refractivity contribution in [3.63, 3.8) is 0 Å². The number of carbonyl (C=O) groups is 1. The number of hydrogen-bond acceptors (Lipinski definition) is 7. The molecule has 0 aliphatic rings. The van der Waals surface area contributed by atoms with Crippen molar-refractivity contribution >= 4 is 45.4 Å². The van der Waals surface area contributed by atoms with Crippen molar-refractivity contribution in [1.82, 2.24) is 14.6 Å². The van der Waals surface area contributed by atoms with E-state index in [0.717, 1.165) is 11.3 Å². The third kappa shape index (κ3) is 4.03. The summed E-state index contributed by atoms with van der Waals surface area (Å²) in [6, 6.07) is 13.1. The number of nitrogens with zero attached hydrogens (tertiary/aromatic N) is 4. The molecule has 1 N–H and O–H groups in total. The Morgan fingerprint density at radius 3 is 2.76 bits per heavy atom. The van der Waals surface area contributed by atoms with Gasteiger partial charge in [-0.05, 0) is 18.2 Å². The van der Waals surface area contributed by atoms with Gasteiger partial charge in [0.15, 0.2) is 12.4 Å². The first-order valence-corrected chi connectivity index (χ1v) is 9.53. The third-order valence-electron chi connectivity index (χ3n) is 3.89. The zero-order valence-corrected chi connectivity index (χ0v) is 16.2. The van der Waals surface area contributed by atoms with Crippen LogP contribution in [0.15, 0.2) is 53.9 Å². The van der Waals surface area contributed by atoms with Crippen LogP contribution in [-0.4, -0.2) is 32.0 Å². The second-order valence-corrected chi connectivity index (χ2v) is 7.09. The number of rotatable bonds is 6. The van der Waals surface area contributed by atoms with Crippen molar-refractivity contribution in [2.45, 2.75) is 0 Å². The number of thiazole rings is 1. The van der Waals surface area contributed by atoms with Crippen LogP contribution in [0.5, 0.6) is 5.75 Å². The first-order valence-electron chi connectivity index (χ1n) is 8.27. The second-order valence-electron chi connectivity index (χ2n) is 5.82. The summed E-state index contributed by atoms with van der Waals surface area (Å²) in [5, 5.41) is 20.4. The number of carbonyl (C=O) groups excluding carboxylic acids is 1. The number of anilines is 1. The molecule has 146 valence electrons. The summed E-state index contributed by atoms with van der Waals surface area (Å²) < 4.78 is 6.88. The molecule has 2 heterocycles. The van der Waals surface area contributed by atoms with Gasteiger partial charge in [0.05, 0.1) is 10.6 Å². The Morgan fingerprint density at radius 2 is 2.00 bits per heavy atom. The minimum Gasteiger partial charge on any atom is -0.477 e. The average Bonchev–Trinajstić information content (AvgIpc) is 3.27. The second kappa shape index (κ2) is 7.86. The number of nitro groups is 1. The SMILES string of the molecule is O=C(COc1ccccc1[N+](=O)[O-])Nc1nc2scc(-c3ccc(Cl)cc3)n2n1. The van der Waals surface area contributed by atoms with Crippen LogP contribution >= 0.6 is 22.9 Å². The zero-order valence-electron chi connectivity index (χ0n) is 14.6. The molecule has 4 aromatic rings. The highest BCUT2D eigenvalue weighted by Crippen LogP contribution is 2.27. The number of aromatic nitrogens is 3. The Morgan fingerprint density at radius 1 is 1.24 bits per heavy atom. The van der Waals surface area contributed by atoms with Gasteiger partial charge in [-0.25, -0.2) is 4.52 Å². The molecule has 0 atom stereocenters. The fraction of sp³-hybridized carbons (Fsp3) is 0.0556. The molecule has 1 amide bonds. The largest absolute Gasteiger partial charge is 0.477 e. The highest BCUT2D eigenvalue weighted by molar-refractivity contribution is 7.15. The van der Waals surface area contributed by atoms with Gasteiger partial charge in [0, 0.05) is 22.0 Å². The van der Waals surface area contributed by atoms with Gasteiger partial charge < -0.3 is 4.74 Å². The van der Waals surface area contributed by atoms with Crippen LogP contribution in [0.4, 0.5) is 11.6 Å². The molecule has 0 aliphatic carbocycles. The van der Waals surface area contributed by atoms with E-state index >= 15 is 0 Å². The molecule has 11 heteroatoms. The van der Waals surface area contributed by atoms with Crippen molar-refractivity contribution in [1.29, 1.82) is 0 Å². The Kier molecular flexibility index (Phi) is 5.10. The van der Waals surface area contributed by atoms with Crippen molar-refractivity contribution in [2.75, 3.05) is 11.9 Å². The van der Waals surface area contributed by atoms with Gasteiger partial charge in [-0.3, -0.25) is 20.2 Å². The maximum Gasteiger partial charge on any atom is 0.310 e. The number of halogens is 1. The molecule has 4 rings (SSSR count). The highest BCUT2D eigenvalue weighted by atomic mass is 35.5. The Balaban J connectivity index is 1.46. The number of benzene rings is 2. The number of nitrogens with one attached hydrogen (secondary N) is 1. The van der Waals surface area contributed by atoms with Crippen molar-refractivity contribution in [3.8, 4) is 17.0 Å². The van der Waals surface area contributed by atoms with E-state index in [4.69, 9.17) is 16.3 Å². The number of para-hydroxylation sites is 2. The van der Waals surface area contributed by atoms with Gasteiger partial charge in [0.1, 0.15) is 0 Å². The van der Waals surface area contributed by atoms with Crippen LogP contribution in [0.25, 0.3) is 16.2 Å². The van der Waals surface area contributed by atoms with E-state index in [9.17, 15) is 14.9 Å². The van der Waals surface area contributed by atoms with Crippen molar-refractivity contribution in [3.05, 3.63) is 69.0 Å². The van der Waals surface area contributed by atoms with Crippen LogP contribution < -0.4 is 10.1 Å². The lowest BCUT2D eigenvalue weighted by Gasteiger charge is -2.05. The fourth-order valence-electron chi connectivity index (χ4n) is 2.59. The molecule has 0 unspecified atom stereocenters. The highest BCUT2D eigenvalue weighted by Gasteiger charge is 2.17. The molecular formula is C18H12ClN5O4S. The average molecular weight is 430 g/mol. The smallest absolute Gasteiger partial charge is 0.310 e. The molecule has 0 saturated carbocycles. The normalized spacial score (nSPS) is 10.8. The molecule has 0 bridgehead atoms. The summed E-state index contributed by atoms with van der Waals surface area (Å²) in [6.45, 7) is -0.415. The maximum atomic E-state index is 12.2. The standard InChI is InChI=1S/C18H12ClN5O4S/c19-12-7-5-11(6-8-12)14-10-29-18-21-17(22-23(14)18)20-16(25)9-28-15-4-2-1-3-13(15)24(26)27/h1-8,10H,9H2,(H,20,22,25). The van der Waals surface area contributed by atoms with Crippen LogP contribution in [0.1, 0.15) is 0 Å². The predicted molar refractivity (Wildman–Crippen MR) is 109 cm³/mol. The lowest BCUT2D eigenvalue weighted by Crippen LogP contribution is -2.21. The van der Waals surface area contributed by atoms with Gasteiger partial charge >= 0.3 is 5.69 Å². The van der Waals surface area contributed by atoms with Crippen LogP contribution in [-0.2, 0) is 4.79 Å². The Bertz CT molecular complexity index is 1200. The fourth-order valence-corrected chi connectivity index (χ4v) is 3.54. The summed E-state index contributed by atoms with van der Waals surface area (Å²) >= 11 is 7.30. The summed E-state index contributed by atoms with van der Waals surface area (Å²) in [4.78, 5) is 27.4. The van der Waals surface area contributed by atoms with Gasteiger partial charge in [0.25, 0.3) is 11.9 Å². The van der Waals surface area contributed by atoms with E-state index in [1.54, 1.807) is 22.7 Å². The Hall–Kier alpha value is -3.50. The summed E-state index contributed by atoms with van der Waals surface area (Å²) in [6.07, 6.45) is 0. The molecule has 2 aromatic heterocycles. The molecule has 0 saturated heterocycles.